The highest BCUT2D eigenvalue weighted by Gasteiger charge is 2.18. The lowest BCUT2D eigenvalue weighted by Gasteiger charge is -2.09. The van der Waals surface area contributed by atoms with E-state index in [0.717, 1.165) is 4.68 Å². The molecule has 0 radical (unpaired) electrons. The van der Waals surface area contributed by atoms with Gasteiger partial charge in [0.25, 0.3) is 0 Å². The lowest BCUT2D eigenvalue weighted by Crippen LogP contribution is -2.34. The van der Waals surface area contributed by atoms with Gasteiger partial charge in [-0.2, -0.15) is 0 Å². The zero-order valence-corrected chi connectivity index (χ0v) is 10.9. The minimum atomic E-state index is -0.944. The van der Waals surface area contributed by atoms with Crippen LogP contribution in [0.3, 0.4) is 0 Å². The summed E-state index contributed by atoms with van der Waals surface area (Å²) in [6.07, 6.45) is 2.43. The molecule has 21 heavy (non-hydrogen) atoms. The number of anilines is 1. The standard InChI is InChI=1S/C12H11N5O4/c1-21-12(20)8-4-2-3-5-9(8)15-10(18)11(19)16-17-6-13-14-7-17/h2-7H,1H3,(H,15,18)(H,16,19). The molecule has 2 aromatic rings. The summed E-state index contributed by atoms with van der Waals surface area (Å²) in [7, 11) is 1.22. The molecular weight excluding hydrogens is 278 g/mol. The van der Waals surface area contributed by atoms with Crippen LogP contribution >= 0.6 is 0 Å². The number of nitrogens with zero attached hydrogens (tertiary/aromatic N) is 3. The molecule has 0 saturated heterocycles. The van der Waals surface area contributed by atoms with Gasteiger partial charge in [0, 0.05) is 0 Å². The molecule has 0 atom stereocenters. The van der Waals surface area contributed by atoms with Crippen LogP contribution in [-0.2, 0) is 14.3 Å². The second-order valence-corrected chi connectivity index (χ2v) is 3.80. The summed E-state index contributed by atoms with van der Waals surface area (Å²) in [6.45, 7) is 0. The molecule has 0 bridgehead atoms. The first-order chi connectivity index (χ1) is 10.1. The van der Waals surface area contributed by atoms with Crippen LogP contribution in [0.5, 0.6) is 0 Å². The largest absolute Gasteiger partial charge is 0.465 e. The molecule has 0 saturated carbocycles. The number of benzene rings is 1. The predicted molar refractivity (Wildman–Crippen MR) is 70.8 cm³/mol. The molecule has 1 aromatic heterocycles. The number of rotatable bonds is 3. The van der Waals surface area contributed by atoms with E-state index in [1.54, 1.807) is 12.1 Å². The van der Waals surface area contributed by atoms with Crippen LogP contribution in [0.4, 0.5) is 5.69 Å². The van der Waals surface area contributed by atoms with E-state index >= 15 is 0 Å². The normalized spacial score (nSPS) is 9.76. The quantitative estimate of drug-likeness (QED) is 0.596. The number of ether oxygens (including phenoxy) is 1. The van der Waals surface area contributed by atoms with E-state index in [1.165, 1.54) is 31.9 Å². The number of hydrogen-bond acceptors (Lipinski definition) is 6. The van der Waals surface area contributed by atoms with E-state index in [9.17, 15) is 14.4 Å². The maximum atomic E-state index is 11.8. The van der Waals surface area contributed by atoms with E-state index in [-0.39, 0.29) is 11.3 Å². The number of para-hydroxylation sites is 1. The van der Waals surface area contributed by atoms with Crippen LogP contribution in [0.1, 0.15) is 10.4 Å². The molecule has 9 nitrogen and oxygen atoms in total. The molecule has 0 spiro atoms. The summed E-state index contributed by atoms with van der Waals surface area (Å²) in [5.41, 5.74) is 2.55. The molecule has 0 aliphatic heterocycles. The van der Waals surface area contributed by atoms with Crippen molar-refractivity contribution in [3.8, 4) is 0 Å². The maximum absolute atomic E-state index is 11.8. The van der Waals surface area contributed by atoms with Crippen molar-refractivity contribution in [2.75, 3.05) is 17.9 Å². The summed E-state index contributed by atoms with van der Waals surface area (Å²) >= 11 is 0. The summed E-state index contributed by atoms with van der Waals surface area (Å²) in [5, 5.41) is 9.28. The highest BCUT2D eigenvalue weighted by Crippen LogP contribution is 2.15. The molecule has 0 fully saturated rings. The first kappa shape index (κ1) is 14.2. The molecule has 0 unspecified atom stereocenters. The second-order valence-electron chi connectivity index (χ2n) is 3.80. The Balaban J connectivity index is 2.09. The molecule has 1 aromatic carbocycles. The van der Waals surface area contributed by atoms with Gasteiger partial charge in [0.2, 0.25) is 0 Å². The number of hydrogen-bond donors (Lipinski definition) is 2. The lowest BCUT2D eigenvalue weighted by molar-refractivity contribution is -0.133. The summed E-state index contributed by atoms with van der Waals surface area (Å²) < 4.78 is 5.71. The average molecular weight is 289 g/mol. The highest BCUT2D eigenvalue weighted by molar-refractivity contribution is 6.42. The van der Waals surface area contributed by atoms with Gasteiger partial charge in [0.15, 0.2) is 0 Å². The van der Waals surface area contributed by atoms with Crippen LogP contribution in [0, 0.1) is 0 Å². The van der Waals surface area contributed by atoms with Crippen LogP contribution < -0.4 is 10.7 Å². The molecule has 2 amide bonds. The zero-order chi connectivity index (χ0) is 15.2. The van der Waals surface area contributed by atoms with Gasteiger partial charge in [0.1, 0.15) is 12.7 Å². The Morgan fingerprint density at radius 3 is 2.43 bits per heavy atom. The number of carbonyl (C=O) groups is 3. The van der Waals surface area contributed by atoms with Crippen LogP contribution in [0.2, 0.25) is 0 Å². The number of esters is 1. The Hall–Kier alpha value is -3.23. The minimum Gasteiger partial charge on any atom is -0.465 e. The number of nitrogens with one attached hydrogen (secondary N) is 2. The Bertz CT molecular complexity index is 668. The van der Waals surface area contributed by atoms with Gasteiger partial charge in [-0.1, -0.05) is 12.1 Å². The van der Waals surface area contributed by atoms with Gasteiger partial charge in [-0.3, -0.25) is 15.0 Å². The predicted octanol–water partition coefficient (Wildman–Crippen LogP) is -0.227. The molecule has 2 rings (SSSR count). The SMILES string of the molecule is COC(=O)c1ccccc1NC(=O)C(=O)Nn1cnnc1. The maximum Gasteiger partial charge on any atom is 0.339 e. The third kappa shape index (κ3) is 3.41. The Labute approximate surface area is 118 Å². The molecule has 9 heteroatoms. The van der Waals surface area contributed by atoms with Crippen molar-refractivity contribution in [1.29, 1.82) is 0 Å². The lowest BCUT2D eigenvalue weighted by atomic mass is 10.2. The third-order valence-corrected chi connectivity index (χ3v) is 2.44. The number of amides is 2. The number of methoxy groups -OCH3 is 1. The fourth-order valence-corrected chi connectivity index (χ4v) is 1.49. The van der Waals surface area contributed by atoms with Crippen molar-refractivity contribution in [3.63, 3.8) is 0 Å². The molecule has 108 valence electrons. The fraction of sp³-hybridized carbons (Fsp3) is 0.0833. The van der Waals surface area contributed by atoms with Crippen LogP contribution in [0.25, 0.3) is 0 Å². The van der Waals surface area contributed by atoms with E-state index in [0.29, 0.717) is 0 Å². The average Bonchev–Trinajstić information content (AvgIpc) is 2.99. The van der Waals surface area contributed by atoms with Crippen molar-refractivity contribution >= 4 is 23.5 Å². The molecule has 1 heterocycles. The first-order valence-corrected chi connectivity index (χ1v) is 5.76. The van der Waals surface area contributed by atoms with E-state index in [4.69, 9.17) is 0 Å². The minimum absolute atomic E-state index is 0.144. The molecule has 2 N–H and O–H groups in total. The van der Waals surface area contributed by atoms with E-state index in [1.807, 2.05) is 0 Å². The van der Waals surface area contributed by atoms with Gasteiger partial charge in [-0.25, -0.2) is 9.47 Å². The van der Waals surface area contributed by atoms with Crippen molar-refractivity contribution < 1.29 is 19.1 Å². The van der Waals surface area contributed by atoms with Gasteiger partial charge in [0.05, 0.1) is 18.4 Å². The first-order valence-electron chi connectivity index (χ1n) is 5.76. The highest BCUT2D eigenvalue weighted by atomic mass is 16.5. The number of aromatic nitrogens is 3. The number of carbonyl (C=O) groups excluding carboxylic acids is 3. The van der Waals surface area contributed by atoms with Gasteiger partial charge >= 0.3 is 17.8 Å². The van der Waals surface area contributed by atoms with Crippen molar-refractivity contribution in [3.05, 3.63) is 42.5 Å². The monoisotopic (exact) mass is 289 g/mol. The van der Waals surface area contributed by atoms with Crippen molar-refractivity contribution in [2.24, 2.45) is 0 Å². The second kappa shape index (κ2) is 6.28. The van der Waals surface area contributed by atoms with Gasteiger partial charge in [-0.05, 0) is 12.1 Å². The summed E-state index contributed by atoms with van der Waals surface area (Å²) in [6, 6.07) is 6.17. The molecular formula is C12H11N5O4. The van der Waals surface area contributed by atoms with Gasteiger partial charge in [-0.15, -0.1) is 10.2 Å². The van der Waals surface area contributed by atoms with Crippen LogP contribution in [-0.4, -0.2) is 39.8 Å². The molecule has 0 aliphatic carbocycles. The Morgan fingerprint density at radius 1 is 1.10 bits per heavy atom. The molecule has 0 aliphatic rings. The fourth-order valence-electron chi connectivity index (χ4n) is 1.49. The van der Waals surface area contributed by atoms with Crippen LogP contribution in [0.15, 0.2) is 36.9 Å². The van der Waals surface area contributed by atoms with E-state index < -0.39 is 17.8 Å². The summed E-state index contributed by atoms with van der Waals surface area (Å²) in [4.78, 5) is 35.0. The third-order valence-electron chi connectivity index (χ3n) is 2.44. The van der Waals surface area contributed by atoms with E-state index in [2.05, 4.69) is 25.7 Å². The zero-order valence-electron chi connectivity index (χ0n) is 10.9. The van der Waals surface area contributed by atoms with Crippen molar-refractivity contribution in [2.45, 2.75) is 0 Å². The van der Waals surface area contributed by atoms with Gasteiger partial charge < -0.3 is 10.1 Å². The Morgan fingerprint density at radius 2 is 1.76 bits per heavy atom. The smallest absolute Gasteiger partial charge is 0.339 e. The van der Waals surface area contributed by atoms with Crippen molar-refractivity contribution in [1.82, 2.24) is 14.9 Å². The topological polar surface area (TPSA) is 115 Å². The summed E-state index contributed by atoms with van der Waals surface area (Å²) in [5.74, 6) is -2.50. The Kier molecular flexibility index (Phi) is 4.24.